The summed E-state index contributed by atoms with van der Waals surface area (Å²) in [5.41, 5.74) is 0.406. The molecule has 34 heavy (non-hydrogen) atoms. The molecule has 5 rings (SSSR count). The van der Waals surface area contributed by atoms with Gasteiger partial charge in [-0.25, -0.2) is 12.8 Å². The second-order valence-electron chi connectivity index (χ2n) is 9.57. The van der Waals surface area contributed by atoms with E-state index in [0.29, 0.717) is 23.6 Å². The third-order valence-electron chi connectivity index (χ3n) is 6.71. The molecule has 1 saturated carbocycles. The first-order valence-electron chi connectivity index (χ1n) is 10.7. The first-order valence-corrected chi connectivity index (χ1v) is 12.6. The lowest BCUT2D eigenvalue weighted by molar-refractivity contribution is -0.118. The largest absolute Gasteiger partial charge is 0.342 e. The summed E-state index contributed by atoms with van der Waals surface area (Å²) in [7, 11) is -3.22. The van der Waals surface area contributed by atoms with Crippen molar-refractivity contribution in [2.75, 3.05) is 16.8 Å². The summed E-state index contributed by atoms with van der Waals surface area (Å²) in [6.45, 7) is 3.17. The van der Waals surface area contributed by atoms with E-state index in [9.17, 15) is 27.2 Å². The zero-order chi connectivity index (χ0) is 24.6. The molecule has 2 aliphatic heterocycles. The predicted molar refractivity (Wildman–Crippen MR) is 119 cm³/mol. The number of sulfone groups is 1. The first-order chi connectivity index (χ1) is 15.9. The summed E-state index contributed by atoms with van der Waals surface area (Å²) in [5.74, 6) is -3.11. The molecule has 11 heteroatoms. The number of hydrogen-bond acceptors (Lipinski definition) is 6. The van der Waals surface area contributed by atoms with Gasteiger partial charge < -0.3 is 15.2 Å². The summed E-state index contributed by atoms with van der Waals surface area (Å²) < 4.78 is 38.5. The van der Waals surface area contributed by atoms with Crippen LogP contribution in [0.2, 0.25) is 0 Å². The molecule has 2 amide bonds. The number of Topliss-reactive ketones (excluding diaryl/α,β-unsaturated/α-hetero) is 1. The Balaban J connectivity index is 1.45. The molecule has 1 aromatic carbocycles. The molecule has 2 N–H and O–H groups in total. The van der Waals surface area contributed by atoms with Gasteiger partial charge >= 0.3 is 0 Å². The molecule has 2 atom stereocenters. The highest BCUT2D eigenvalue weighted by Crippen LogP contribution is 2.54. The minimum atomic E-state index is -3.22. The lowest BCUT2D eigenvalue weighted by Crippen LogP contribution is -2.64. The standard InChI is InChI=1S/C23H21FN4O5S/c1-11-18(20(29)22(31)27-23(2)9-34(32,33)10-23)17-7-12-6-16(12)28(17)19(11)21(30)26-14-3-4-15(24)13(5-14)8-25/h3-5,12,16H,6-7,9-10H2,1-2H3,(H,26,30)(H,27,31). The first kappa shape index (κ1) is 22.3. The topological polar surface area (TPSA) is 138 Å². The van der Waals surface area contributed by atoms with Gasteiger partial charge in [0.25, 0.3) is 17.6 Å². The van der Waals surface area contributed by atoms with Crippen LogP contribution < -0.4 is 10.6 Å². The molecule has 1 aromatic heterocycles. The Morgan fingerprint density at radius 1 is 1.26 bits per heavy atom. The number of amides is 2. The fraction of sp³-hybridized carbons (Fsp3) is 0.391. The van der Waals surface area contributed by atoms with Gasteiger partial charge in [0.05, 0.1) is 28.2 Å². The molecule has 0 spiro atoms. The Labute approximate surface area is 194 Å². The van der Waals surface area contributed by atoms with Gasteiger partial charge in [-0.15, -0.1) is 0 Å². The molecule has 0 radical (unpaired) electrons. The highest BCUT2D eigenvalue weighted by Gasteiger charge is 2.51. The lowest BCUT2D eigenvalue weighted by atomic mass is 10.0. The van der Waals surface area contributed by atoms with Gasteiger partial charge in [0.1, 0.15) is 17.6 Å². The van der Waals surface area contributed by atoms with Crippen LogP contribution in [0, 0.1) is 30.0 Å². The summed E-state index contributed by atoms with van der Waals surface area (Å²) >= 11 is 0. The average molecular weight is 485 g/mol. The molecule has 0 bridgehead atoms. The summed E-state index contributed by atoms with van der Waals surface area (Å²) in [6.07, 6.45) is 1.43. The number of anilines is 1. The van der Waals surface area contributed by atoms with Gasteiger partial charge in [-0.3, -0.25) is 14.4 Å². The van der Waals surface area contributed by atoms with E-state index in [4.69, 9.17) is 5.26 Å². The molecule has 3 heterocycles. The van der Waals surface area contributed by atoms with E-state index >= 15 is 0 Å². The number of carbonyl (C=O) groups excluding carboxylic acids is 3. The smallest absolute Gasteiger partial charge is 0.292 e. The van der Waals surface area contributed by atoms with Crippen LogP contribution in [-0.2, 0) is 21.1 Å². The molecule has 1 aliphatic carbocycles. The Morgan fingerprint density at radius 2 is 1.97 bits per heavy atom. The highest BCUT2D eigenvalue weighted by atomic mass is 32.2. The van der Waals surface area contributed by atoms with E-state index in [1.54, 1.807) is 24.5 Å². The zero-order valence-electron chi connectivity index (χ0n) is 18.4. The maximum atomic E-state index is 13.6. The molecule has 2 unspecified atom stereocenters. The van der Waals surface area contributed by atoms with E-state index in [2.05, 4.69) is 10.6 Å². The van der Waals surface area contributed by atoms with Crippen molar-refractivity contribution in [3.63, 3.8) is 0 Å². The number of ketones is 1. The lowest BCUT2D eigenvalue weighted by Gasteiger charge is -2.38. The molecule has 1 saturated heterocycles. The number of halogens is 1. The number of nitrogens with zero attached hydrogens (tertiary/aromatic N) is 2. The van der Waals surface area contributed by atoms with Gasteiger partial charge in [-0.2, -0.15) is 5.26 Å². The van der Waals surface area contributed by atoms with Gasteiger partial charge in [0.2, 0.25) is 0 Å². The number of fused-ring (bicyclic) bond motifs is 3. The normalized spacial score (nSPS) is 22.5. The second kappa shape index (κ2) is 7.24. The van der Waals surface area contributed by atoms with Crippen LogP contribution >= 0.6 is 0 Å². The Morgan fingerprint density at radius 3 is 2.62 bits per heavy atom. The van der Waals surface area contributed by atoms with Crippen molar-refractivity contribution >= 4 is 33.1 Å². The third kappa shape index (κ3) is 3.49. The van der Waals surface area contributed by atoms with Gasteiger partial charge in [0, 0.05) is 17.4 Å². The molecular formula is C23H21FN4O5S. The number of hydrogen-bond donors (Lipinski definition) is 2. The van der Waals surface area contributed by atoms with Crippen molar-refractivity contribution in [2.24, 2.45) is 5.92 Å². The third-order valence-corrected chi connectivity index (χ3v) is 8.86. The number of nitrogens with one attached hydrogen (secondary N) is 2. The van der Waals surface area contributed by atoms with Crippen molar-refractivity contribution < 1.29 is 27.2 Å². The maximum absolute atomic E-state index is 13.6. The minimum absolute atomic E-state index is 0.0660. The van der Waals surface area contributed by atoms with Gasteiger partial charge in [-0.1, -0.05) is 0 Å². The number of rotatable bonds is 5. The molecule has 2 fully saturated rings. The summed E-state index contributed by atoms with van der Waals surface area (Å²) in [4.78, 5) is 39.1. The van der Waals surface area contributed by atoms with E-state index in [0.717, 1.165) is 12.5 Å². The molecule has 3 aliphatic rings. The van der Waals surface area contributed by atoms with Crippen molar-refractivity contribution in [2.45, 2.75) is 38.3 Å². The number of carbonyl (C=O) groups is 3. The van der Waals surface area contributed by atoms with Gasteiger partial charge in [-0.05, 0) is 56.4 Å². The van der Waals surface area contributed by atoms with Crippen LogP contribution in [0.15, 0.2) is 18.2 Å². The Hall–Kier alpha value is -3.52. The molecule has 2 aromatic rings. The Kier molecular flexibility index (Phi) is 4.74. The summed E-state index contributed by atoms with van der Waals surface area (Å²) in [5, 5.41) is 14.2. The van der Waals surface area contributed by atoms with E-state index < -0.39 is 38.8 Å². The van der Waals surface area contributed by atoms with Gasteiger partial charge in [0.15, 0.2) is 9.84 Å². The van der Waals surface area contributed by atoms with Crippen molar-refractivity contribution in [3.8, 4) is 6.07 Å². The fourth-order valence-corrected chi connectivity index (χ4v) is 7.26. The van der Waals surface area contributed by atoms with Crippen molar-refractivity contribution in [3.05, 3.63) is 52.1 Å². The SMILES string of the molecule is Cc1c(C(=O)C(=O)NC2(C)CS(=O)(=O)C2)c2n(c1C(=O)Nc1ccc(F)c(C#N)c1)C1CC1C2. The van der Waals surface area contributed by atoms with E-state index in [-0.39, 0.29) is 40.1 Å². The van der Waals surface area contributed by atoms with E-state index in [1.807, 2.05) is 0 Å². The zero-order valence-corrected chi connectivity index (χ0v) is 19.3. The van der Waals surface area contributed by atoms with E-state index in [1.165, 1.54) is 12.1 Å². The number of nitriles is 1. The second-order valence-corrected chi connectivity index (χ2v) is 11.6. The van der Waals surface area contributed by atoms with Crippen LogP contribution in [-0.4, -0.2) is 47.6 Å². The predicted octanol–water partition coefficient (Wildman–Crippen LogP) is 1.66. The van der Waals surface area contributed by atoms with Crippen molar-refractivity contribution in [1.29, 1.82) is 5.26 Å². The van der Waals surface area contributed by atoms with Crippen LogP contribution in [0.25, 0.3) is 0 Å². The number of benzene rings is 1. The maximum Gasteiger partial charge on any atom is 0.292 e. The quantitative estimate of drug-likeness (QED) is 0.489. The fourth-order valence-electron chi connectivity index (χ4n) is 5.26. The average Bonchev–Trinajstić information content (AvgIpc) is 3.31. The van der Waals surface area contributed by atoms with Crippen LogP contribution in [0.5, 0.6) is 0 Å². The molecule has 176 valence electrons. The highest BCUT2D eigenvalue weighted by molar-refractivity contribution is 7.93. The molecule has 9 nitrogen and oxygen atoms in total. The monoisotopic (exact) mass is 484 g/mol. The summed E-state index contributed by atoms with van der Waals surface area (Å²) in [6, 6.07) is 5.43. The van der Waals surface area contributed by atoms with Crippen LogP contribution in [0.1, 0.15) is 57.1 Å². The minimum Gasteiger partial charge on any atom is -0.342 e. The Bertz CT molecular complexity index is 1440. The van der Waals surface area contributed by atoms with Crippen molar-refractivity contribution in [1.82, 2.24) is 9.88 Å². The van der Waals surface area contributed by atoms with Crippen LogP contribution in [0.3, 0.4) is 0 Å². The van der Waals surface area contributed by atoms with Crippen LogP contribution in [0.4, 0.5) is 10.1 Å². The number of aromatic nitrogens is 1. The molecular weight excluding hydrogens is 463 g/mol.